The highest BCUT2D eigenvalue weighted by atomic mass is 32.2. The van der Waals surface area contributed by atoms with Crippen LogP contribution in [0.1, 0.15) is 34.1 Å². The van der Waals surface area contributed by atoms with Gasteiger partial charge in [0.05, 0.1) is 0 Å². The molecule has 0 aliphatic heterocycles. The van der Waals surface area contributed by atoms with Crippen LogP contribution in [-0.4, -0.2) is 37.1 Å². The molecule has 0 saturated heterocycles. The van der Waals surface area contributed by atoms with E-state index in [-0.39, 0.29) is 4.75 Å². The molecule has 0 saturated carbocycles. The van der Waals surface area contributed by atoms with Crippen LogP contribution < -0.4 is 10.6 Å². The van der Waals surface area contributed by atoms with Crippen molar-refractivity contribution in [1.29, 1.82) is 0 Å². The average molecular weight is 245 g/mol. The number of hydrogen-bond acceptors (Lipinski definition) is 2. The number of nitrogens with zero attached hydrogens (tertiary/aromatic N) is 1. The minimum atomic E-state index is 0.246. The molecule has 0 aliphatic carbocycles. The summed E-state index contributed by atoms with van der Waals surface area (Å²) in [6, 6.07) is 0. The maximum atomic E-state index is 4.21. The molecule has 0 unspecified atom stereocenters. The molecule has 96 valence electrons. The molecule has 0 bridgehead atoms. The lowest BCUT2D eigenvalue weighted by molar-refractivity contribution is 0.571. The van der Waals surface area contributed by atoms with E-state index in [4.69, 9.17) is 0 Å². The summed E-state index contributed by atoms with van der Waals surface area (Å²) in [6.45, 7) is 10.8. The van der Waals surface area contributed by atoms with Gasteiger partial charge in [-0.3, -0.25) is 4.99 Å². The summed E-state index contributed by atoms with van der Waals surface area (Å²) in [7, 11) is 1.82. The Hall–Kier alpha value is -0.380. The van der Waals surface area contributed by atoms with Crippen LogP contribution in [0.2, 0.25) is 0 Å². The summed E-state index contributed by atoms with van der Waals surface area (Å²) in [4.78, 5) is 4.21. The second kappa shape index (κ2) is 7.82. The minimum Gasteiger partial charge on any atom is -0.356 e. The van der Waals surface area contributed by atoms with Gasteiger partial charge in [-0.2, -0.15) is 11.8 Å². The Kier molecular flexibility index (Phi) is 7.64. The number of rotatable bonds is 6. The van der Waals surface area contributed by atoms with E-state index in [0.29, 0.717) is 0 Å². The lowest BCUT2D eigenvalue weighted by Crippen LogP contribution is -2.43. The van der Waals surface area contributed by atoms with Gasteiger partial charge >= 0.3 is 0 Å². The van der Waals surface area contributed by atoms with Crippen LogP contribution in [-0.2, 0) is 0 Å². The van der Waals surface area contributed by atoms with Gasteiger partial charge in [0.2, 0.25) is 0 Å². The zero-order valence-corrected chi connectivity index (χ0v) is 12.4. The van der Waals surface area contributed by atoms with Gasteiger partial charge in [-0.1, -0.05) is 13.8 Å². The van der Waals surface area contributed by atoms with E-state index in [1.807, 2.05) is 18.8 Å². The molecular weight excluding hydrogens is 218 g/mol. The Morgan fingerprint density at radius 1 is 1.31 bits per heavy atom. The summed E-state index contributed by atoms with van der Waals surface area (Å²) in [5, 5.41) is 6.68. The molecule has 0 radical (unpaired) electrons. The van der Waals surface area contributed by atoms with Crippen molar-refractivity contribution in [3.63, 3.8) is 0 Å². The highest BCUT2D eigenvalue weighted by Gasteiger charge is 2.15. The molecule has 0 atom stereocenters. The topological polar surface area (TPSA) is 36.4 Å². The van der Waals surface area contributed by atoms with Gasteiger partial charge in [0.1, 0.15) is 0 Å². The molecule has 4 heteroatoms. The number of thioether (sulfide) groups is 1. The van der Waals surface area contributed by atoms with Crippen molar-refractivity contribution in [2.24, 2.45) is 10.9 Å². The number of hydrogen-bond donors (Lipinski definition) is 2. The average Bonchev–Trinajstić information content (AvgIpc) is 2.22. The molecule has 0 aromatic rings. The Bertz CT molecular complexity index is 212. The molecule has 0 rings (SSSR count). The first-order valence-corrected chi connectivity index (χ1v) is 7.13. The molecule has 16 heavy (non-hydrogen) atoms. The van der Waals surface area contributed by atoms with Crippen molar-refractivity contribution in [3.05, 3.63) is 0 Å². The van der Waals surface area contributed by atoms with E-state index in [9.17, 15) is 0 Å². The smallest absolute Gasteiger partial charge is 0.191 e. The largest absolute Gasteiger partial charge is 0.356 e. The molecular formula is C12H27N3S. The fourth-order valence-corrected chi connectivity index (χ4v) is 1.29. The van der Waals surface area contributed by atoms with E-state index in [1.54, 1.807) is 0 Å². The zero-order valence-electron chi connectivity index (χ0n) is 11.6. The quantitative estimate of drug-likeness (QED) is 0.557. The van der Waals surface area contributed by atoms with E-state index in [1.165, 1.54) is 6.42 Å². The van der Waals surface area contributed by atoms with Gasteiger partial charge in [-0.05, 0) is 32.4 Å². The second-order valence-electron chi connectivity index (χ2n) is 5.00. The highest BCUT2D eigenvalue weighted by Crippen LogP contribution is 2.19. The van der Waals surface area contributed by atoms with Crippen LogP contribution in [0.3, 0.4) is 0 Å². The van der Waals surface area contributed by atoms with Crippen LogP contribution in [0.15, 0.2) is 4.99 Å². The van der Waals surface area contributed by atoms with Crippen LogP contribution in [0.4, 0.5) is 0 Å². The standard InChI is InChI=1S/C12H27N3S/c1-10(2)7-8-14-11(13-5)15-9-12(3,4)16-6/h10H,7-9H2,1-6H3,(H2,13,14,15). The number of guanidine groups is 1. The Morgan fingerprint density at radius 2 is 1.94 bits per heavy atom. The Labute approximate surface area is 105 Å². The SMILES string of the molecule is CN=C(NCCC(C)C)NCC(C)(C)SC. The molecule has 0 aromatic heterocycles. The summed E-state index contributed by atoms with van der Waals surface area (Å²) >= 11 is 1.86. The van der Waals surface area contributed by atoms with Crippen molar-refractivity contribution >= 4 is 17.7 Å². The molecule has 3 nitrogen and oxygen atoms in total. The predicted octanol–water partition coefficient (Wildman–Crippen LogP) is 2.34. The Balaban J connectivity index is 3.85. The maximum Gasteiger partial charge on any atom is 0.191 e. The van der Waals surface area contributed by atoms with Crippen molar-refractivity contribution in [2.45, 2.75) is 38.9 Å². The van der Waals surface area contributed by atoms with Crippen LogP contribution in [0.25, 0.3) is 0 Å². The van der Waals surface area contributed by atoms with Gasteiger partial charge < -0.3 is 10.6 Å². The number of nitrogens with one attached hydrogen (secondary N) is 2. The fourth-order valence-electron chi connectivity index (χ4n) is 1.07. The highest BCUT2D eigenvalue weighted by molar-refractivity contribution is 7.99. The van der Waals surface area contributed by atoms with Gasteiger partial charge in [-0.15, -0.1) is 0 Å². The van der Waals surface area contributed by atoms with Crippen LogP contribution in [0, 0.1) is 5.92 Å². The van der Waals surface area contributed by atoms with Crippen molar-refractivity contribution < 1.29 is 0 Å². The lowest BCUT2D eigenvalue weighted by Gasteiger charge is -2.23. The Morgan fingerprint density at radius 3 is 2.38 bits per heavy atom. The molecule has 0 aromatic carbocycles. The van der Waals surface area contributed by atoms with Gasteiger partial charge in [0.25, 0.3) is 0 Å². The summed E-state index contributed by atoms with van der Waals surface area (Å²) in [5.41, 5.74) is 0. The molecule has 0 aliphatic rings. The van der Waals surface area contributed by atoms with E-state index < -0.39 is 0 Å². The maximum absolute atomic E-state index is 4.21. The normalized spacial score (nSPS) is 13.1. The lowest BCUT2D eigenvalue weighted by atomic mass is 10.1. The van der Waals surface area contributed by atoms with Gasteiger partial charge in [0, 0.05) is 24.9 Å². The first-order valence-electron chi connectivity index (χ1n) is 5.91. The van der Waals surface area contributed by atoms with E-state index in [0.717, 1.165) is 25.0 Å². The van der Waals surface area contributed by atoms with Crippen LogP contribution >= 0.6 is 11.8 Å². The predicted molar refractivity (Wildman–Crippen MR) is 76.4 cm³/mol. The third-order valence-electron chi connectivity index (χ3n) is 2.47. The van der Waals surface area contributed by atoms with Gasteiger partial charge in [0.15, 0.2) is 5.96 Å². The molecule has 2 N–H and O–H groups in total. The van der Waals surface area contributed by atoms with E-state index in [2.05, 4.69) is 49.6 Å². The zero-order chi connectivity index (χ0) is 12.6. The third kappa shape index (κ3) is 7.85. The first kappa shape index (κ1) is 15.6. The van der Waals surface area contributed by atoms with E-state index >= 15 is 0 Å². The monoisotopic (exact) mass is 245 g/mol. The number of aliphatic imine (C=N–C) groups is 1. The molecule has 0 spiro atoms. The third-order valence-corrected chi connectivity index (χ3v) is 3.72. The van der Waals surface area contributed by atoms with Gasteiger partial charge in [-0.25, -0.2) is 0 Å². The van der Waals surface area contributed by atoms with Crippen molar-refractivity contribution in [3.8, 4) is 0 Å². The van der Waals surface area contributed by atoms with Crippen molar-refractivity contribution in [2.75, 3.05) is 26.4 Å². The second-order valence-corrected chi connectivity index (χ2v) is 6.51. The summed E-state index contributed by atoms with van der Waals surface area (Å²) < 4.78 is 0.246. The van der Waals surface area contributed by atoms with Crippen LogP contribution in [0.5, 0.6) is 0 Å². The fraction of sp³-hybridized carbons (Fsp3) is 0.917. The summed E-state index contributed by atoms with van der Waals surface area (Å²) in [5.74, 6) is 1.64. The molecule has 0 heterocycles. The van der Waals surface area contributed by atoms with Crippen molar-refractivity contribution in [1.82, 2.24) is 10.6 Å². The molecule has 0 fully saturated rings. The first-order chi connectivity index (χ1) is 7.41. The minimum absolute atomic E-state index is 0.246. The summed E-state index contributed by atoms with van der Waals surface area (Å²) in [6.07, 6.45) is 3.31. The molecule has 0 amide bonds.